The van der Waals surface area contributed by atoms with Gasteiger partial charge in [0, 0.05) is 12.3 Å². The Morgan fingerprint density at radius 3 is 2.10 bits per heavy atom. The highest BCUT2D eigenvalue weighted by Crippen LogP contribution is 2.59. The third kappa shape index (κ3) is 9.07. The number of hydrogen-bond acceptors (Lipinski definition) is 4. The molecule has 1 unspecified atom stereocenters. The minimum Gasteiger partial charge on any atom is -0.413 e. The summed E-state index contributed by atoms with van der Waals surface area (Å²) in [6.07, 6.45) is 18.3. The fraction of sp³-hybridized carbons (Fsp3) is 0.814. The van der Waals surface area contributed by atoms with Gasteiger partial charge in [0.15, 0.2) is 22.4 Å². The summed E-state index contributed by atoms with van der Waals surface area (Å²) in [5.74, 6) is 1.60. The Kier molecular flexibility index (Phi) is 11.9. The molecule has 0 aromatic heterocycles. The van der Waals surface area contributed by atoms with Gasteiger partial charge >= 0.3 is 0 Å². The van der Waals surface area contributed by atoms with Crippen LogP contribution in [0.15, 0.2) is 47.6 Å². The first-order chi connectivity index (χ1) is 22.2. The van der Waals surface area contributed by atoms with E-state index in [1.54, 1.807) is 5.57 Å². The Balaban J connectivity index is 1.56. The molecule has 280 valence electrons. The molecule has 4 rings (SSSR count). The molecule has 1 aliphatic heterocycles. The van der Waals surface area contributed by atoms with Crippen LogP contribution in [0.2, 0.25) is 36.3 Å². The lowest BCUT2D eigenvalue weighted by Gasteiger charge is -2.46. The summed E-state index contributed by atoms with van der Waals surface area (Å²) >= 11 is 0. The third-order valence-electron chi connectivity index (χ3n) is 14.1. The van der Waals surface area contributed by atoms with Crippen molar-refractivity contribution >= 4 is 16.6 Å². The highest BCUT2D eigenvalue weighted by molar-refractivity contribution is 6.74. The molecule has 0 bridgehead atoms. The molecule has 4 fully saturated rings. The van der Waals surface area contributed by atoms with Crippen molar-refractivity contribution in [3.8, 4) is 0 Å². The molecule has 49 heavy (non-hydrogen) atoms. The summed E-state index contributed by atoms with van der Waals surface area (Å²) in [6, 6.07) is 0. The maximum Gasteiger partial charge on any atom is 0.192 e. The summed E-state index contributed by atoms with van der Waals surface area (Å²) in [4.78, 5) is 0. The Morgan fingerprint density at radius 2 is 1.51 bits per heavy atom. The average Bonchev–Trinajstić information content (AvgIpc) is 3.28. The Bertz CT molecular complexity index is 1290. The van der Waals surface area contributed by atoms with Crippen molar-refractivity contribution in [2.75, 3.05) is 6.61 Å². The molecule has 0 N–H and O–H groups in total. The van der Waals surface area contributed by atoms with Gasteiger partial charge in [-0.1, -0.05) is 91.8 Å². The van der Waals surface area contributed by atoms with Crippen molar-refractivity contribution in [2.24, 2.45) is 29.1 Å². The fourth-order valence-corrected chi connectivity index (χ4v) is 11.5. The zero-order chi connectivity index (χ0) is 37.0. The number of allylic oxidation sites excluding steroid dienone is 4. The maximum absolute atomic E-state index is 7.11. The molecule has 1 heterocycles. The third-order valence-corrected chi connectivity index (χ3v) is 23.1. The van der Waals surface area contributed by atoms with Gasteiger partial charge in [-0.05, 0) is 137 Å². The number of hydrogen-bond donors (Lipinski definition) is 0. The molecule has 1 saturated heterocycles. The highest BCUT2D eigenvalue weighted by Gasteiger charge is 2.51. The molecule has 4 nitrogen and oxygen atoms in total. The van der Waals surface area contributed by atoms with Crippen LogP contribution >= 0.6 is 0 Å². The quantitative estimate of drug-likeness (QED) is 0.185. The molecule has 0 aromatic rings. The summed E-state index contributed by atoms with van der Waals surface area (Å²) in [5.41, 5.74) is 4.27. The van der Waals surface area contributed by atoms with Gasteiger partial charge in [-0.15, -0.1) is 0 Å². The van der Waals surface area contributed by atoms with Crippen LogP contribution in [0.25, 0.3) is 0 Å². The van der Waals surface area contributed by atoms with E-state index in [2.05, 4.69) is 120 Å². The van der Waals surface area contributed by atoms with Crippen molar-refractivity contribution in [3.05, 3.63) is 47.6 Å². The van der Waals surface area contributed by atoms with E-state index in [9.17, 15) is 0 Å². The Morgan fingerprint density at radius 1 is 0.898 bits per heavy atom. The molecular formula is C43H76O4Si2. The van der Waals surface area contributed by atoms with Crippen molar-refractivity contribution < 1.29 is 18.3 Å². The van der Waals surface area contributed by atoms with E-state index >= 15 is 0 Å². The van der Waals surface area contributed by atoms with E-state index < -0.39 is 22.4 Å². The molecule has 0 radical (unpaired) electrons. The summed E-state index contributed by atoms with van der Waals surface area (Å²) in [6.45, 7) is 42.5. The lowest BCUT2D eigenvalue weighted by Crippen LogP contribution is -2.50. The summed E-state index contributed by atoms with van der Waals surface area (Å²) < 4.78 is 26.6. The summed E-state index contributed by atoms with van der Waals surface area (Å²) in [5, 5.41) is 0.321. The van der Waals surface area contributed by atoms with Crippen LogP contribution in [0.1, 0.15) is 128 Å². The Labute approximate surface area is 305 Å². The second kappa shape index (κ2) is 14.2. The second-order valence-electron chi connectivity index (χ2n) is 20.6. The number of ether oxygens (including phenoxy) is 2. The molecule has 3 aliphatic carbocycles. The second-order valence-corrected chi connectivity index (χ2v) is 30.1. The molecule has 7 atom stereocenters. The first-order valence-electron chi connectivity index (χ1n) is 19.7. The minimum atomic E-state index is -1.99. The van der Waals surface area contributed by atoms with E-state index in [4.69, 9.17) is 24.9 Å². The lowest BCUT2D eigenvalue weighted by molar-refractivity contribution is -0.315. The zero-order valence-electron chi connectivity index (χ0n) is 34.8. The molecule has 0 amide bonds. The van der Waals surface area contributed by atoms with Gasteiger partial charge in [0.2, 0.25) is 0 Å². The molecule has 0 spiro atoms. The van der Waals surface area contributed by atoms with Gasteiger partial charge in [-0.2, -0.15) is 0 Å². The number of rotatable bonds is 8. The van der Waals surface area contributed by atoms with Gasteiger partial charge in [0.1, 0.15) is 0 Å². The van der Waals surface area contributed by atoms with Gasteiger partial charge in [-0.25, -0.2) is 0 Å². The van der Waals surface area contributed by atoms with Crippen LogP contribution in [-0.2, 0) is 18.3 Å². The zero-order valence-corrected chi connectivity index (χ0v) is 36.8. The predicted octanol–water partition coefficient (Wildman–Crippen LogP) is 12.6. The summed E-state index contributed by atoms with van der Waals surface area (Å²) in [7, 11) is -3.93. The topological polar surface area (TPSA) is 36.9 Å². The van der Waals surface area contributed by atoms with Crippen molar-refractivity contribution in [3.63, 3.8) is 0 Å². The van der Waals surface area contributed by atoms with E-state index in [0.29, 0.717) is 29.8 Å². The average molecular weight is 713 g/mol. The van der Waals surface area contributed by atoms with Crippen LogP contribution in [0.3, 0.4) is 0 Å². The molecule has 6 heteroatoms. The predicted molar refractivity (Wildman–Crippen MR) is 214 cm³/mol. The normalized spacial score (nSPS) is 35.3. The van der Waals surface area contributed by atoms with Crippen LogP contribution in [0.4, 0.5) is 0 Å². The first-order valence-corrected chi connectivity index (χ1v) is 25.5. The largest absolute Gasteiger partial charge is 0.413 e. The van der Waals surface area contributed by atoms with Crippen LogP contribution in [-0.4, -0.2) is 46.8 Å². The van der Waals surface area contributed by atoms with Crippen molar-refractivity contribution in [2.45, 2.75) is 188 Å². The lowest BCUT2D eigenvalue weighted by atomic mass is 9.61. The number of fused-ring (bicyclic) bond motifs is 1. The molecule has 0 aromatic carbocycles. The van der Waals surface area contributed by atoms with Gasteiger partial charge in [-0.3, -0.25) is 0 Å². The van der Waals surface area contributed by atoms with Gasteiger partial charge in [0.05, 0.1) is 24.4 Å². The molecule has 3 saturated carbocycles. The molecule has 4 aliphatic rings. The van der Waals surface area contributed by atoms with Crippen molar-refractivity contribution in [1.29, 1.82) is 0 Å². The van der Waals surface area contributed by atoms with Crippen molar-refractivity contribution in [1.82, 2.24) is 0 Å². The maximum atomic E-state index is 7.11. The smallest absolute Gasteiger partial charge is 0.192 e. The van der Waals surface area contributed by atoms with E-state index in [-0.39, 0.29) is 33.8 Å². The first kappa shape index (κ1) is 41.0. The van der Waals surface area contributed by atoms with E-state index in [0.717, 1.165) is 12.8 Å². The van der Waals surface area contributed by atoms with Gasteiger partial charge in [0.25, 0.3) is 0 Å². The fourth-order valence-electron chi connectivity index (χ4n) is 8.87. The van der Waals surface area contributed by atoms with E-state index in [1.807, 2.05) is 13.8 Å². The van der Waals surface area contributed by atoms with Gasteiger partial charge < -0.3 is 18.3 Å². The molecular weight excluding hydrogens is 637 g/mol. The minimum absolute atomic E-state index is 0.0187. The highest BCUT2D eigenvalue weighted by atomic mass is 28.4. The van der Waals surface area contributed by atoms with Crippen LogP contribution in [0, 0.1) is 29.1 Å². The van der Waals surface area contributed by atoms with Crippen LogP contribution in [0.5, 0.6) is 0 Å². The standard InChI is InChI=1S/C43H76O4Si2/c1-30(20-23-34-29-44-42(11,12)47-41(34,9)10)36-24-25-37-32(19-18-26-43(36,37)13)21-22-33-27-35(45-48(14,15)39(3,4)5)28-38(31(33)2)46-49(16,17)40(6,7)8/h20-23,30,34-38H,2,18-19,24-29H2,1,3-17H3/b23-20+,32-21+,33-22+/t30-,34-,35-,36-,37?,38+,43-/m1/s1. The monoisotopic (exact) mass is 713 g/mol. The Hall–Kier alpha value is -0.766. The SMILES string of the molecule is C=C1/C(=C/C=C2\CCC[C@@]3(C)C2CC[C@@H]3[C@H](C)/C=C/[C@@H]2COC(C)(C)OC2(C)C)C[C@@H](O[Si](C)(C)C(C)(C)C)C[C@@H]1O[Si](C)(C)C(C)(C)C. The van der Waals surface area contributed by atoms with Crippen LogP contribution < -0.4 is 0 Å². The van der Waals surface area contributed by atoms with E-state index in [1.165, 1.54) is 43.3 Å².